The molecule has 0 aromatic rings. The lowest BCUT2D eigenvalue weighted by Gasteiger charge is -2.46. The van der Waals surface area contributed by atoms with Gasteiger partial charge in [0.05, 0.1) is 6.54 Å². The fourth-order valence-corrected chi connectivity index (χ4v) is 2.57. The highest BCUT2D eigenvalue weighted by Gasteiger charge is 2.49. The van der Waals surface area contributed by atoms with E-state index in [1.165, 1.54) is 0 Å². The minimum Gasteiger partial charge on any atom is -0.340 e. The Labute approximate surface area is 109 Å². The zero-order chi connectivity index (χ0) is 13.9. The maximum atomic E-state index is 12.6. The molecule has 0 spiro atoms. The van der Waals surface area contributed by atoms with Crippen molar-refractivity contribution in [3.63, 3.8) is 0 Å². The summed E-state index contributed by atoms with van der Waals surface area (Å²) in [5.41, 5.74) is -0.778. The fraction of sp³-hybridized carbons (Fsp3) is 0.714. The topological polar surface area (TPSA) is 49.4 Å². The zero-order valence-electron chi connectivity index (χ0n) is 11.6. The van der Waals surface area contributed by atoms with E-state index in [4.69, 9.17) is 6.42 Å². The summed E-state index contributed by atoms with van der Waals surface area (Å²) in [7, 11) is 0. The largest absolute Gasteiger partial charge is 0.340 e. The Bertz CT molecular complexity index is 378. The molecule has 18 heavy (non-hydrogen) atoms. The van der Waals surface area contributed by atoms with E-state index >= 15 is 0 Å². The number of nitrogens with one attached hydrogen (secondary N) is 1. The van der Waals surface area contributed by atoms with Gasteiger partial charge in [0.25, 0.3) is 0 Å². The first-order chi connectivity index (χ1) is 8.43. The first-order valence-corrected chi connectivity index (χ1v) is 6.50. The molecule has 1 atom stereocenters. The molecule has 0 aromatic heterocycles. The number of carbonyl (C=O) groups is 2. The van der Waals surface area contributed by atoms with Crippen LogP contribution in [0.3, 0.4) is 0 Å². The van der Waals surface area contributed by atoms with Gasteiger partial charge in [0.15, 0.2) is 0 Å². The molecule has 100 valence electrons. The number of carbonyl (C=O) groups excluding carboxylic acids is 2. The van der Waals surface area contributed by atoms with E-state index in [2.05, 4.69) is 11.2 Å². The van der Waals surface area contributed by atoms with Crippen molar-refractivity contribution in [1.82, 2.24) is 10.2 Å². The van der Waals surface area contributed by atoms with Crippen molar-refractivity contribution in [2.24, 2.45) is 5.92 Å². The normalized spacial score (nSPS) is 22.9. The number of hydrogen-bond donors (Lipinski definition) is 1. The highest BCUT2D eigenvalue weighted by Crippen LogP contribution is 2.27. The van der Waals surface area contributed by atoms with Crippen LogP contribution in [0.25, 0.3) is 0 Å². The number of hydrogen-bond acceptors (Lipinski definition) is 2. The van der Waals surface area contributed by atoms with Crippen molar-refractivity contribution in [2.75, 3.05) is 6.54 Å². The van der Waals surface area contributed by atoms with Crippen LogP contribution in [-0.2, 0) is 9.59 Å². The number of rotatable bonds is 4. The van der Waals surface area contributed by atoms with Gasteiger partial charge in [-0.05, 0) is 18.8 Å². The molecule has 1 rings (SSSR count). The summed E-state index contributed by atoms with van der Waals surface area (Å²) in [6.45, 7) is 7.85. The second-order valence-electron chi connectivity index (χ2n) is 5.10. The van der Waals surface area contributed by atoms with Crippen LogP contribution in [-0.4, -0.2) is 34.8 Å². The van der Waals surface area contributed by atoms with Gasteiger partial charge >= 0.3 is 0 Å². The standard InChI is InChI=1S/C14H22N2O2/c1-6-9-16-11(10(4)5)12(17)15-14(7-2,8-3)13(16)18/h1,10-11H,7-9H2,2-5H3,(H,15,17). The average Bonchev–Trinajstić information content (AvgIpc) is 2.33. The molecule has 1 aliphatic rings. The minimum atomic E-state index is -0.778. The van der Waals surface area contributed by atoms with Crippen LogP contribution in [0.15, 0.2) is 0 Å². The van der Waals surface area contributed by atoms with Gasteiger partial charge in [-0.3, -0.25) is 9.59 Å². The summed E-state index contributed by atoms with van der Waals surface area (Å²) in [6.07, 6.45) is 6.49. The lowest BCUT2D eigenvalue weighted by atomic mass is 9.85. The maximum absolute atomic E-state index is 12.6. The van der Waals surface area contributed by atoms with Crippen molar-refractivity contribution in [1.29, 1.82) is 0 Å². The van der Waals surface area contributed by atoms with E-state index in [1.807, 2.05) is 27.7 Å². The quantitative estimate of drug-likeness (QED) is 0.761. The summed E-state index contributed by atoms with van der Waals surface area (Å²) >= 11 is 0. The Morgan fingerprint density at radius 2 is 1.94 bits per heavy atom. The van der Waals surface area contributed by atoms with Gasteiger partial charge in [-0.25, -0.2) is 0 Å². The smallest absolute Gasteiger partial charge is 0.249 e. The molecule has 1 N–H and O–H groups in total. The molecule has 0 saturated carbocycles. The molecule has 1 saturated heterocycles. The summed E-state index contributed by atoms with van der Waals surface area (Å²) in [4.78, 5) is 26.4. The molecule has 1 heterocycles. The predicted molar refractivity (Wildman–Crippen MR) is 70.6 cm³/mol. The van der Waals surface area contributed by atoms with Crippen molar-refractivity contribution >= 4 is 11.8 Å². The van der Waals surface area contributed by atoms with Crippen LogP contribution in [0.2, 0.25) is 0 Å². The van der Waals surface area contributed by atoms with Crippen LogP contribution >= 0.6 is 0 Å². The van der Waals surface area contributed by atoms with Gasteiger partial charge in [0.2, 0.25) is 11.8 Å². The number of amides is 2. The predicted octanol–water partition coefficient (Wildman–Crippen LogP) is 1.16. The number of terminal acetylenes is 1. The Morgan fingerprint density at radius 3 is 2.33 bits per heavy atom. The SMILES string of the molecule is C#CCN1C(=O)C(CC)(CC)NC(=O)C1C(C)C. The minimum absolute atomic E-state index is 0.0500. The Balaban J connectivity index is 3.16. The summed E-state index contributed by atoms with van der Waals surface area (Å²) in [6, 6.07) is -0.459. The first-order valence-electron chi connectivity index (χ1n) is 6.50. The Kier molecular flexibility index (Phi) is 4.39. The third-order valence-electron chi connectivity index (χ3n) is 3.74. The second kappa shape index (κ2) is 5.43. The molecule has 0 radical (unpaired) electrons. The molecule has 0 aromatic carbocycles. The molecule has 2 amide bonds. The first kappa shape index (κ1) is 14.6. The summed E-state index contributed by atoms with van der Waals surface area (Å²) < 4.78 is 0. The van der Waals surface area contributed by atoms with Gasteiger partial charge < -0.3 is 10.2 Å². The van der Waals surface area contributed by atoms with Gasteiger partial charge in [0.1, 0.15) is 11.6 Å². The van der Waals surface area contributed by atoms with E-state index in [9.17, 15) is 9.59 Å². The average molecular weight is 250 g/mol. The molecular weight excluding hydrogens is 228 g/mol. The Morgan fingerprint density at radius 1 is 1.39 bits per heavy atom. The zero-order valence-corrected chi connectivity index (χ0v) is 11.6. The molecule has 1 aliphatic heterocycles. The molecule has 4 nitrogen and oxygen atoms in total. The highest BCUT2D eigenvalue weighted by atomic mass is 16.2. The molecule has 0 aliphatic carbocycles. The van der Waals surface area contributed by atoms with Crippen molar-refractivity contribution < 1.29 is 9.59 Å². The van der Waals surface area contributed by atoms with Gasteiger partial charge in [0, 0.05) is 0 Å². The van der Waals surface area contributed by atoms with Crippen LogP contribution in [0.1, 0.15) is 40.5 Å². The summed E-state index contributed by atoms with van der Waals surface area (Å²) in [5, 5.41) is 2.90. The lowest BCUT2D eigenvalue weighted by Crippen LogP contribution is -2.71. The van der Waals surface area contributed by atoms with Crippen LogP contribution in [0.5, 0.6) is 0 Å². The highest BCUT2D eigenvalue weighted by molar-refractivity contribution is 6.00. The van der Waals surface area contributed by atoms with Crippen molar-refractivity contribution in [2.45, 2.75) is 52.1 Å². The molecule has 1 fully saturated rings. The van der Waals surface area contributed by atoms with Crippen molar-refractivity contribution in [3.8, 4) is 12.3 Å². The van der Waals surface area contributed by atoms with Crippen molar-refractivity contribution in [3.05, 3.63) is 0 Å². The summed E-state index contributed by atoms with van der Waals surface area (Å²) in [5.74, 6) is 2.39. The van der Waals surface area contributed by atoms with E-state index in [0.29, 0.717) is 12.8 Å². The maximum Gasteiger partial charge on any atom is 0.249 e. The lowest BCUT2D eigenvalue weighted by molar-refractivity contribution is -0.156. The van der Waals surface area contributed by atoms with E-state index < -0.39 is 11.6 Å². The van der Waals surface area contributed by atoms with Crippen LogP contribution < -0.4 is 5.32 Å². The van der Waals surface area contributed by atoms with E-state index in [1.54, 1.807) is 4.90 Å². The van der Waals surface area contributed by atoms with Gasteiger partial charge in [-0.15, -0.1) is 6.42 Å². The van der Waals surface area contributed by atoms with E-state index in [0.717, 1.165) is 0 Å². The second-order valence-corrected chi connectivity index (χ2v) is 5.10. The van der Waals surface area contributed by atoms with E-state index in [-0.39, 0.29) is 24.3 Å². The fourth-order valence-electron chi connectivity index (χ4n) is 2.57. The Hall–Kier alpha value is -1.50. The number of piperazine rings is 1. The monoisotopic (exact) mass is 250 g/mol. The third kappa shape index (κ3) is 2.22. The molecule has 1 unspecified atom stereocenters. The third-order valence-corrected chi connectivity index (χ3v) is 3.74. The molecule has 0 bridgehead atoms. The molecular formula is C14H22N2O2. The van der Waals surface area contributed by atoms with Gasteiger partial charge in [-0.2, -0.15) is 0 Å². The van der Waals surface area contributed by atoms with Gasteiger partial charge in [-0.1, -0.05) is 33.6 Å². The van der Waals surface area contributed by atoms with Crippen LogP contribution in [0.4, 0.5) is 0 Å². The van der Waals surface area contributed by atoms with Crippen LogP contribution in [0, 0.1) is 18.3 Å². The molecule has 4 heteroatoms. The number of nitrogens with zero attached hydrogens (tertiary/aromatic N) is 1.